The maximum absolute atomic E-state index is 11.3. The van der Waals surface area contributed by atoms with Crippen molar-refractivity contribution in [3.05, 3.63) is 53.3 Å². The molecule has 1 N–H and O–H groups in total. The first-order chi connectivity index (χ1) is 11.9. The van der Waals surface area contributed by atoms with Gasteiger partial charge in [0.2, 0.25) is 10.0 Å². The van der Waals surface area contributed by atoms with E-state index in [0.29, 0.717) is 5.92 Å². The lowest BCUT2D eigenvalue weighted by molar-refractivity contribution is 0.256. The third-order valence-electron chi connectivity index (χ3n) is 4.56. The van der Waals surface area contributed by atoms with E-state index < -0.39 is 10.0 Å². The number of nitrogens with one attached hydrogen (secondary N) is 1. The summed E-state index contributed by atoms with van der Waals surface area (Å²) in [6, 6.07) is 12.6. The number of hydrogen-bond donors (Lipinski definition) is 1. The molecule has 0 amide bonds. The second-order valence-electron chi connectivity index (χ2n) is 6.84. The minimum atomic E-state index is -3.20. The van der Waals surface area contributed by atoms with Crippen molar-refractivity contribution in [3.8, 4) is 0 Å². The van der Waals surface area contributed by atoms with E-state index in [1.165, 1.54) is 11.8 Å². The Labute approximate surface area is 149 Å². The molecular formula is C18H26N4O2S. The fourth-order valence-corrected chi connectivity index (χ4v) is 3.72. The molecule has 2 heterocycles. The summed E-state index contributed by atoms with van der Waals surface area (Å²) in [7, 11) is -3.20. The molecule has 1 aromatic carbocycles. The van der Waals surface area contributed by atoms with Crippen LogP contribution in [0.15, 0.2) is 36.4 Å². The maximum Gasteiger partial charge on any atom is 0.209 e. The average Bonchev–Trinajstić information content (AvgIpc) is 2.85. The first kappa shape index (κ1) is 18.1. The molecule has 0 bridgehead atoms. The molecule has 0 radical (unpaired) electrons. The molecule has 6 nitrogen and oxygen atoms in total. The van der Waals surface area contributed by atoms with Crippen LogP contribution < -0.4 is 4.72 Å². The summed E-state index contributed by atoms with van der Waals surface area (Å²) in [4.78, 5) is 2.46. The van der Waals surface area contributed by atoms with E-state index in [1.807, 2.05) is 16.8 Å². The van der Waals surface area contributed by atoms with Gasteiger partial charge in [0, 0.05) is 26.2 Å². The Bertz CT molecular complexity index is 802. The molecule has 0 aliphatic carbocycles. The van der Waals surface area contributed by atoms with Crippen LogP contribution in [0.1, 0.15) is 36.2 Å². The molecule has 1 aromatic heterocycles. The summed E-state index contributed by atoms with van der Waals surface area (Å²) in [5.74, 6) is 0.474. The van der Waals surface area contributed by atoms with Crippen molar-refractivity contribution in [2.75, 3.05) is 19.3 Å². The van der Waals surface area contributed by atoms with Gasteiger partial charge in [0.05, 0.1) is 24.2 Å². The number of nitrogens with zero attached hydrogens (tertiary/aromatic N) is 3. The van der Waals surface area contributed by atoms with Gasteiger partial charge in [-0.15, -0.1) is 0 Å². The van der Waals surface area contributed by atoms with Gasteiger partial charge >= 0.3 is 0 Å². The van der Waals surface area contributed by atoms with Crippen molar-refractivity contribution in [1.29, 1.82) is 0 Å². The average molecular weight is 362 g/mol. The molecule has 3 rings (SSSR count). The number of aryl methyl sites for hydroxylation is 1. The van der Waals surface area contributed by atoms with E-state index >= 15 is 0 Å². The largest absolute Gasteiger partial charge is 0.297 e. The molecule has 1 aliphatic heterocycles. The van der Waals surface area contributed by atoms with Crippen molar-refractivity contribution in [1.82, 2.24) is 19.4 Å². The van der Waals surface area contributed by atoms with Crippen LogP contribution in [0.3, 0.4) is 0 Å². The second-order valence-corrected chi connectivity index (χ2v) is 8.68. The normalized spacial score (nSPS) is 17.0. The van der Waals surface area contributed by atoms with Crippen LogP contribution in [0, 0.1) is 0 Å². The van der Waals surface area contributed by atoms with Gasteiger partial charge in [0.25, 0.3) is 0 Å². The topological polar surface area (TPSA) is 67.2 Å². The lowest BCUT2D eigenvalue weighted by Crippen LogP contribution is -2.27. The molecule has 1 atom stereocenters. The number of hydrogen-bond acceptors (Lipinski definition) is 4. The van der Waals surface area contributed by atoms with Crippen LogP contribution in [-0.2, 0) is 29.7 Å². The van der Waals surface area contributed by atoms with Gasteiger partial charge < -0.3 is 0 Å². The summed E-state index contributed by atoms with van der Waals surface area (Å²) in [6.45, 7) is 6.30. The molecular weight excluding hydrogens is 336 g/mol. The van der Waals surface area contributed by atoms with E-state index in [4.69, 9.17) is 0 Å². The smallest absolute Gasteiger partial charge is 0.209 e. The Morgan fingerprint density at radius 2 is 2.00 bits per heavy atom. The van der Waals surface area contributed by atoms with Gasteiger partial charge in [-0.05, 0) is 24.0 Å². The van der Waals surface area contributed by atoms with Crippen LogP contribution in [0.5, 0.6) is 0 Å². The Balaban J connectivity index is 1.65. The lowest BCUT2D eigenvalue weighted by Gasteiger charge is -2.24. The molecule has 25 heavy (non-hydrogen) atoms. The Morgan fingerprint density at radius 3 is 2.72 bits per heavy atom. The zero-order valence-electron chi connectivity index (χ0n) is 14.9. The number of aromatic nitrogens is 2. The van der Waals surface area contributed by atoms with E-state index in [2.05, 4.69) is 45.9 Å². The highest BCUT2D eigenvalue weighted by Crippen LogP contribution is 2.20. The van der Waals surface area contributed by atoms with Crippen LogP contribution in [0.2, 0.25) is 0 Å². The fraction of sp³-hybridized carbons (Fsp3) is 0.500. The lowest BCUT2D eigenvalue weighted by atomic mass is 10.0. The van der Waals surface area contributed by atoms with E-state index in [0.717, 1.165) is 44.0 Å². The van der Waals surface area contributed by atoms with Gasteiger partial charge in [-0.1, -0.05) is 37.3 Å². The Kier molecular flexibility index (Phi) is 5.56. The number of benzene rings is 1. The summed E-state index contributed by atoms with van der Waals surface area (Å²) in [5, 5.41) is 4.55. The standard InChI is InChI=1S/C18H26N4O2S/c1-15(16-7-4-3-5-8-16)13-21-9-6-10-22-18(14-21)11-17(20-22)12-19-25(2,23)24/h3-5,7-8,11,15,19H,6,9-10,12-14H2,1-2H3. The van der Waals surface area contributed by atoms with Gasteiger partial charge in [-0.25, -0.2) is 13.1 Å². The minimum Gasteiger partial charge on any atom is -0.297 e. The van der Waals surface area contributed by atoms with Gasteiger partial charge in [0.1, 0.15) is 0 Å². The van der Waals surface area contributed by atoms with E-state index in [-0.39, 0.29) is 6.54 Å². The third kappa shape index (κ3) is 5.14. The zero-order chi connectivity index (χ0) is 17.9. The second kappa shape index (κ2) is 7.68. The predicted octanol–water partition coefficient (Wildman–Crippen LogP) is 1.94. The summed E-state index contributed by atoms with van der Waals surface area (Å²) >= 11 is 0. The highest BCUT2D eigenvalue weighted by molar-refractivity contribution is 7.88. The Hall–Kier alpha value is -1.70. The number of rotatable bonds is 6. The van der Waals surface area contributed by atoms with Crippen molar-refractivity contribution >= 4 is 10.0 Å². The molecule has 1 unspecified atom stereocenters. The van der Waals surface area contributed by atoms with Crippen molar-refractivity contribution in [2.45, 2.75) is 38.9 Å². The van der Waals surface area contributed by atoms with Gasteiger partial charge in [-0.2, -0.15) is 5.10 Å². The third-order valence-corrected chi connectivity index (χ3v) is 5.23. The van der Waals surface area contributed by atoms with Crippen LogP contribution in [0.4, 0.5) is 0 Å². The predicted molar refractivity (Wildman–Crippen MR) is 98.7 cm³/mol. The van der Waals surface area contributed by atoms with Crippen molar-refractivity contribution in [2.24, 2.45) is 0 Å². The molecule has 136 valence electrons. The molecule has 0 spiro atoms. The molecule has 7 heteroatoms. The zero-order valence-corrected chi connectivity index (χ0v) is 15.7. The highest BCUT2D eigenvalue weighted by Gasteiger charge is 2.19. The number of sulfonamides is 1. The first-order valence-electron chi connectivity index (χ1n) is 8.68. The first-order valence-corrected chi connectivity index (χ1v) is 10.6. The summed E-state index contributed by atoms with van der Waals surface area (Å²) in [5.41, 5.74) is 3.29. The van der Waals surface area contributed by atoms with Crippen LogP contribution in [0.25, 0.3) is 0 Å². The van der Waals surface area contributed by atoms with E-state index in [9.17, 15) is 8.42 Å². The molecule has 1 aliphatic rings. The van der Waals surface area contributed by atoms with Gasteiger partial charge in [-0.3, -0.25) is 9.58 Å². The fourth-order valence-electron chi connectivity index (χ4n) is 3.31. The molecule has 0 fully saturated rings. The maximum atomic E-state index is 11.3. The van der Waals surface area contributed by atoms with Crippen LogP contribution >= 0.6 is 0 Å². The molecule has 0 saturated heterocycles. The van der Waals surface area contributed by atoms with E-state index in [1.54, 1.807) is 0 Å². The summed E-state index contributed by atoms with van der Waals surface area (Å²) < 4.78 is 27.0. The monoisotopic (exact) mass is 362 g/mol. The number of fused-ring (bicyclic) bond motifs is 1. The van der Waals surface area contributed by atoms with Gasteiger partial charge in [0.15, 0.2) is 0 Å². The molecule has 2 aromatic rings. The highest BCUT2D eigenvalue weighted by atomic mass is 32.2. The summed E-state index contributed by atoms with van der Waals surface area (Å²) in [6.07, 6.45) is 2.22. The Morgan fingerprint density at radius 1 is 1.24 bits per heavy atom. The van der Waals surface area contributed by atoms with Crippen molar-refractivity contribution < 1.29 is 8.42 Å². The quantitative estimate of drug-likeness (QED) is 0.853. The molecule has 0 saturated carbocycles. The minimum absolute atomic E-state index is 0.249. The SMILES string of the molecule is CC(CN1CCCn2nc(CNS(C)(=O)=O)cc2C1)c1ccccc1. The van der Waals surface area contributed by atoms with Crippen molar-refractivity contribution in [3.63, 3.8) is 0 Å². The van der Waals surface area contributed by atoms with Crippen LogP contribution in [-0.4, -0.2) is 42.4 Å².